The van der Waals surface area contributed by atoms with Gasteiger partial charge in [0.25, 0.3) is 5.91 Å². The van der Waals surface area contributed by atoms with Gasteiger partial charge in [0.2, 0.25) is 0 Å². The number of likely N-dealkylation sites (tertiary alicyclic amines) is 1. The van der Waals surface area contributed by atoms with Crippen LogP contribution in [0.4, 0.5) is 4.39 Å². The van der Waals surface area contributed by atoms with E-state index < -0.39 is 5.82 Å². The van der Waals surface area contributed by atoms with Gasteiger partial charge in [0.05, 0.1) is 17.9 Å². The van der Waals surface area contributed by atoms with Crippen molar-refractivity contribution in [3.05, 3.63) is 29.8 Å². The molecular formula is C14H17FN2O2. The summed E-state index contributed by atoms with van der Waals surface area (Å²) in [5.74, 6) is -0.847. The van der Waals surface area contributed by atoms with Gasteiger partial charge in [-0.05, 0) is 37.2 Å². The Labute approximate surface area is 111 Å². The third-order valence-electron chi connectivity index (χ3n) is 4.67. The first-order valence-electron chi connectivity index (χ1n) is 6.69. The van der Waals surface area contributed by atoms with Gasteiger partial charge in [0.1, 0.15) is 0 Å². The molecule has 1 amide bonds. The average Bonchev–Trinajstić information content (AvgIpc) is 2.45. The van der Waals surface area contributed by atoms with E-state index in [1.165, 1.54) is 12.3 Å². The van der Waals surface area contributed by atoms with E-state index in [9.17, 15) is 14.3 Å². The van der Waals surface area contributed by atoms with E-state index >= 15 is 0 Å². The maximum atomic E-state index is 13.5. The Hall–Kier alpha value is -1.49. The van der Waals surface area contributed by atoms with Crippen molar-refractivity contribution in [1.29, 1.82) is 0 Å². The van der Waals surface area contributed by atoms with Crippen LogP contribution in [0.5, 0.6) is 0 Å². The van der Waals surface area contributed by atoms with Crippen LogP contribution in [0.3, 0.4) is 0 Å². The van der Waals surface area contributed by atoms with Crippen molar-refractivity contribution in [1.82, 2.24) is 9.88 Å². The van der Waals surface area contributed by atoms with E-state index in [1.807, 2.05) is 0 Å². The number of aliphatic hydroxyl groups excluding tert-OH is 1. The zero-order valence-corrected chi connectivity index (χ0v) is 10.7. The lowest BCUT2D eigenvalue weighted by molar-refractivity contribution is -0.0952. The Balaban J connectivity index is 1.69. The molecule has 1 aliphatic carbocycles. The zero-order valence-electron chi connectivity index (χ0n) is 10.7. The summed E-state index contributed by atoms with van der Waals surface area (Å²) in [5, 5.41) is 9.84. The molecule has 1 aromatic heterocycles. The van der Waals surface area contributed by atoms with Crippen molar-refractivity contribution >= 4 is 5.91 Å². The van der Waals surface area contributed by atoms with E-state index in [4.69, 9.17) is 0 Å². The first kappa shape index (κ1) is 12.5. The first-order chi connectivity index (χ1) is 9.12. The van der Waals surface area contributed by atoms with Crippen LogP contribution in [0, 0.1) is 11.2 Å². The fraction of sp³-hybridized carbons (Fsp3) is 0.571. The molecule has 0 bridgehead atoms. The van der Waals surface area contributed by atoms with Crippen LogP contribution in [-0.4, -0.2) is 40.1 Å². The third-order valence-corrected chi connectivity index (χ3v) is 4.67. The molecule has 1 saturated carbocycles. The van der Waals surface area contributed by atoms with Gasteiger partial charge in [-0.2, -0.15) is 0 Å². The highest BCUT2D eigenvalue weighted by Gasteiger charge is 2.47. The van der Waals surface area contributed by atoms with Crippen molar-refractivity contribution in [2.45, 2.75) is 31.8 Å². The highest BCUT2D eigenvalue weighted by molar-refractivity contribution is 5.94. The monoisotopic (exact) mass is 264 g/mol. The predicted octanol–water partition coefficient (Wildman–Crippen LogP) is 1.60. The molecule has 4 nitrogen and oxygen atoms in total. The summed E-state index contributed by atoms with van der Waals surface area (Å²) >= 11 is 0. The van der Waals surface area contributed by atoms with Crippen LogP contribution in [0.15, 0.2) is 18.5 Å². The smallest absolute Gasteiger partial charge is 0.256 e. The maximum absolute atomic E-state index is 13.5. The van der Waals surface area contributed by atoms with Gasteiger partial charge >= 0.3 is 0 Å². The Morgan fingerprint density at radius 3 is 2.68 bits per heavy atom. The quantitative estimate of drug-likeness (QED) is 0.838. The van der Waals surface area contributed by atoms with Crippen LogP contribution >= 0.6 is 0 Å². The van der Waals surface area contributed by atoms with Crippen molar-refractivity contribution in [3.8, 4) is 0 Å². The minimum Gasteiger partial charge on any atom is -0.393 e. The fourth-order valence-electron chi connectivity index (χ4n) is 3.14. The van der Waals surface area contributed by atoms with Gasteiger partial charge < -0.3 is 10.0 Å². The molecule has 1 unspecified atom stereocenters. The number of aliphatic hydroxyl groups is 1. The van der Waals surface area contributed by atoms with E-state index in [2.05, 4.69) is 4.98 Å². The number of halogens is 1. The number of nitrogens with zero attached hydrogens (tertiary/aromatic N) is 2. The van der Waals surface area contributed by atoms with E-state index in [-0.39, 0.29) is 23.0 Å². The second-order valence-electron chi connectivity index (χ2n) is 5.56. The van der Waals surface area contributed by atoms with Crippen LogP contribution in [0.2, 0.25) is 0 Å². The molecule has 1 atom stereocenters. The summed E-state index contributed by atoms with van der Waals surface area (Å²) < 4.78 is 13.5. The largest absolute Gasteiger partial charge is 0.393 e. The van der Waals surface area contributed by atoms with Crippen LogP contribution in [-0.2, 0) is 0 Å². The molecule has 0 radical (unpaired) electrons. The molecule has 2 aliphatic rings. The lowest BCUT2D eigenvalue weighted by Gasteiger charge is -2.51. The number of piperidine rings is 1. The fourth-order valence-corrected chi connectivity index (χ4v) is 3.14. The Kier molecular flexibility index (Phi) is 3.01. The number of carbonyl (C=O) groups is 1. The minimum atomic E-state index is -0.573. The molecule has 1 N–H and O–H groups in total. The van der Waals surface area contributed by atoms with Gasteiger partial charge in [-0.25, -0.2) is 4.39 Å². The summed E-state index contributed by atoms with van der Waals surface area (Å²) in [4.78, 5) is 17.5. The second kappa shape index (κ2) is 4.56. The summed E-state index contributed by atoms with van der Waals surface area (Å²) in [5.41, 5.74) is 0.105. The van der Waals surface area contributed by atoms with Gasteiger partial charge in [-0.1, -0.05) is 0 Å². The zero-order chi connectivity index (χ0) is 13.5. The highest BCUT2D eigenvalue weighted by Crippen LogP contribution is 2.49. The molecule has 0 aromatic carbocycles. The Morgan fingerprint density at radius 1 is 1.42 bits per heavy atom. The van der Waals surface area contributed by atoms with E-state index in [0.717, 1.165) is 31.9 Å². The number of amides is 1. The normalized spacial score (nSPS) is 25.2. The summed E-state index contributed by atoms with van der Waals surface area (Å²) in [7, 11) is 0. The molecular weight excluding hydrogens is 247 g/mol. The predicted molar refractivity (Wildman–Crippen MR) is 67.0 cm³/mol. The third kappa shape index (κ3) is 2.02. The van der Waals surface area contributed by atoms with Gasteiger partial charge in [-0.3, -0.25) is 9.78 Å². The van der Waals surface area contributed by atoms with Crippen LogP contribution in [0.25, 0.3) is 0 Å². The van der Waals surface area contributed by atoms with Gasteiger partial charge in [0.15, 0.2) is 5.82 Å². The SMILES string of the molecule is O=C(c1ccncc1F)N1CCC2(CCC2O)CC1. The van der Waals surface area contributed by atoms with E-state index in [1.54, 1.807) is 4.90 Å². The molecule has 2 heterocycles. The Bertz CT molecular complexity index is 498. The summed E-state index contributed by atoms with van der Waals surface area (Å²) in [6, 6.07) is 1.42. The van der Waals surface area contributed by atoms with Crippen molar-refractivity contribution in [2.75, 3.05) is 13.1 Å². The maximum Gasteiger partial charge on any atom is 0.256 e. The molecule has 3 rings (SSSR count). The molecule has 1 saturated heterocycles. The molecule has 1 aromatic rings. The number of rotatable bonds is 1. The first-order valence-corrected chi connectivity index (χ1v) is 6.69. The number of hydrogen-bond acceptors (Lipinski definition) is 3. The second-order valence-corrected chi connectivity index (χ2v) is 5.56. The van der Waals surface area contributed by atoms with Crippen LogP contribution in [0.1, 0.15) is 36.0 Å². The molecule has 1 spiro atoms. The van der Waals surface area contributed by atoms with E-state index in [0.29, 0.717) is 13.1 Å². The minimum absolute atomic E-state index is 0.0214. The number of hydrogen-bond donors (Lipinski definition) is 1. The molecule has 19 heavy (non-hydrogen) atoms. The number of aromatic nitrogens is 1. The molecule has 1 aliphatic heterocycles. The standard InChI is InChI=1S/C14H17FN2O2/c15-11-9-16-6-2-10(11)13(19)17-7-4-14(5-8-17)3-1-12(14)18/h2,6,9,12,18H,1,3-5,7-8H2. The molecule has 2 fully saturated rings. The van der Waals surface area contributed by atoms with Gasteiger partial charge in [-0.15, -0.1) is 0 Å². The van der Waals surface area contributed by atoms with Gasteiger partial charge in [0, 0.05) is 19.3 Å². The Morgan fingerprint density at radius 2 is 2.16 bits per heavy atom. The topological polar surface area (TPSA) is 53.4 Å². The lowest BCUT2D eigenvalue weighted by atomic mass is 9.61. The highest BCUT2D eigenvalue weighted by atomic mass is 19.1. The number of carbonyl (C=O) groups excluding carboxylic acids is 1. The summed E-state index contributed by atoms with van der Waals surface area (Å²) in [6.07, 6.45) is 5.81. The van der Waals surface area contributed by atoms with Crippen molar-refractivity contribution in [3.63, 3.8) is 0 Å². The van der Waals surface area contributed by atoms with Crippen LogP contribution < -0.4 is 0 Å². The van der Waals surface area contributed by atoms with Crippen molar-refractivity contribution in [2.24, 2.45) is 5.41 Å². The average molecular weight is 264 g/mol. The molecule has 5 heteroatoms. The van der Waals surface area contributed by atoms with Crippen molar-refractivity contribution < 1.29 is 14.3 Å². The summed E-state index contributed by atoms with van der Waals surface area (Å²) in [6.45, 7) is 1.19. The lowest BCUT2D eigenvalue weighted by Crippen LogP contribution is -2.53. The number of pyridine rings is 1. The molecule has 102 valence electrons.